The first-order valence-corrected chi connectivity index (χ1v) is 9.77. The van der Waals surface area contributed by atoms with Crippen LogP contribution in [0.5, 0.6) is 0 Å². The van der Waals surface area contributed by atoms with Gasteiger partial charge in [-0.3, -0.25) is 14.0 Å². The normalized spacial score (nSPS) is 15.0. The zero-order valence-electron chi connectivity index (χ0n) is 15.6. The molecule has 10 heteroatoms. The lowest BCUT2D eigenvalue weighted by atomic mass is 10.2. The Kier molecular flexibility index (Phi) is 4.43. The van der Waals surface area contributed by atoms with Gasteiger partial charge in [0.15, 0.2) is 4.90 Å². The molecule has 0 N–H and O–H groups in total. The predicted octanol–water partition coefficient (Wildman–Crippen LogP) is -0.212. The van der Waals surface area contributed by atoms with Crippen molar-refractivity contribution in [2.75, 3.05) is 0 Å². The van der Waals surface area contributed by atoms with Crippen LogP contribution in [0, 0.1) is 13.8 Å². The highest BCUT2D eigenvalue weighted by atomic mass is 32.2. The second kappa shape index (κ2) is 6.20. The van der Waals surface area contributed by atoms with Crippen molar-refractivity contribution in [2.24, 2.45) is 21.1 Å². The minimum Gasteiger partial charge on any atom is -0.302 e. The zero-order valence-corrected chi connectivity index (χ0v) is 16.4. The molecular weight excluding hydrogens is 358 g/mol. The predicted molar refractivity (Wildman–Crippen MR) is 95.4 cm³/mol. The number of sulfonamides is 1. The van der Waals surface area contributed by atoms with E-state index >= 15 is 0 Å². The van der Waals surface area contributed by atoms with Gasteiger partial charge in [-0.15, -0.1) is 0 Å². The van der Waals surface area contributed by atoms with Gasteiger partial charge in [0.2, 0.25) is 0 Å². The molecule has 0 atom stereocenters. The van der Waals surface area contributed by atoms with Gasteiger partial charge < -0.3 is 4.57 Å². The molecule has 2 heterocycles. The van der Waals surface area contributed by atoms with E-state index in [4.69, 9.17) is 0 Å². The van der Waals surface area contributed by atoms with E-state index in [0.29, 0.717) is 0 Å². The average Bonchev–Trinajstić information content (AvgIpc) is 3.36. The monoisotopic (exact) mass is 381 g/mol. The molecule has 1 aliphatic rings. The fourth-order valence-corrected chi connectivity index (χ4v) is 4.86. The molecular formula is C16H23N5O4S. The van der Waals surface area contributed by atoms with Crippen molar-refractivity contribution in [1.29, 1.82) is 0 Å². The number of aryl methyl sites for hydroxylation is 3. The van der Waals surface area contributed by atoms with Gasteiger partial charge in [-0.2, -0.15) is 9.40 Å². The number of hydrogen-bond donors (Lipinski definition) is 0. The molecule has 3 rings (SSSR count). The van der Waals surface area contributed by atoms with Crippen LogP contribution in [0.2, 0.25) is 0 Å². The molecule has 0 radical (unpaired) electrons. The Balaban J connectivity index is 2.12. The number of rotatable bonds is 5. The molecule has 1 aliphatic carbocycles. The molecule has 142 valence electrons. The van der Waals surface area contributed by atoms with Crippen molar-refractivity contribution < 1.29 is 8.42 Å². The van der Waals surface area contributed by atoms with Gasteiger partial charge in [0.05, 0.1) is 5.69 Å². The molecule has 2 aromatic heterocycles. The van der Waals surface area contributed by atoms with Crippen molar-refractivity contribution in [3.8, 4) is 0 Å². The summed E-state index contributed by atoms with van der Waals surface area (Å²) in [5.41, 5.74) is 1.12. The van der Waals surface area contributed by atoms with Crippen LogP contribution >= 0.6 is 0 Å². The maximum absolute atomic E-state index is 13.3. The second-order valence-electron chi connectivity index (χ2n) is 6.81. The van der Waals surface area contributed by atoms with E-state index in [1.165, 1.54) is 18.4 Å². The van der Waals surface area contributed by atoms with Gasteiger partial charge in [0, 0.05) is 51.2 Å². The Hall–Kier alpha value is -2.20. The molecule has 1 fully saturated rings. The molecule has 1 saturated carbocycles. The molecule has 0 unspecified atom stereocenters. The van der Waals surface area contributed by atoms with Crippen LogP contribution in [0.15, 0.2) is 20.7 Å². The third-order valence-corrected chi connectivity index (χ3v) is 6.81. The molecule has 0 spiro atoms. The molecule has 0 amide bonds. The van der Waals surface area contributed by atoms with Crippen molar-refractivity contribution >= 4 is 10.0 Å². The van der Waals surface area contributed by atoms with E-state index in [1.54, 1.807) is 4.68 Å². The molecule has 0 aromatic carbocycles. The summed E-state index contributed by atoms with van der Waals surface area (Å²) in [7, 11) is 0.467. The molecule has 0 saturated heterocycles. The Bertz CT molecular complexity index is 1090. The lowest BCUT2D eigenvalue weighted by Gasteiger charge is -2.22. The van der Waals surface area contributed by atoms with E-state index in [-0.39, 0.29) is 17.5 Å². The minimum absolute atomic E-state index is 0.138. The Labute approximate surface area is 151 Å². The summed E-state index contributed by atoms with van der Waals surface area (Å²) in [4.78, 5) is 23.9. The summed E-state index contributed by atoms with van der Waals surface area (Å²) in [5, 5.41) is 4.34. The Morgan fingerprint density at radius 1 is 1.19 bits per heavy atom. The van der Waals surface area contributed by atoms with Gasteiger partial charge in [0.25, 0.3) is 15.6 Å². The second-order valence-corrected chi connectivity index (χ2v) is 8.66. The van der Waals surface area contributed by atoms with Crippen molar-refractivity contribution in [1.82, 2.24) is 23.2 Å². The lowest BCUT2D eigenvalue weighted by molar-refractivity contribution is 0.395. The van der Waals surface area contributed by atoms with Crippen LogP contribution in [0.3, 0.4) is 0 Å². The summed E-state index contributed by atoms with van der Waals surface area (Å²) in [5.74, 6) is 0. The summed E-state index contributed by atoms with van der Waals surface area (Å²) >= 11 is 0. The highest BCUT2D eigenvalue weighted by molar-refractivity contribution is 7.89. The smallest absolute Gasteiger partial charge is 0.302 e. The van der Waals surface area contributed by atoms with E-state index in [9.17, 15) is 18.0 Å². The van der Waals surface area contributed by atoms with E-state index in [0.717, 1.165) is 45.1 Å². The van der Waals surface area contributed by atoms with Crippen molar-refractivity contribution in [3.63, 3.8) is 0 Å². The van der Waals surface area contributed by atoms with Gasteiger partial charge in [-0.05, 0) is 26.7 Å². The Morgan fingerprint density at radius 3 is 2.31 bits per heavy atom. The SMILES string of the molecule is Cc1nn(C)c(C)c1CN(C1CC1)S(=O)(=O)c1cn(C)c(=O)n(C)c1=O. The molecule has 0 aliphatic heterocycles. The highest BCUT2D eigenvalue weighted by Crippen LogP contribution is 2.33. The van der Waals surface area contributed by atoms with Crippen LogP contribution in [-0.4, -0.2) is 37.7 Å². The first-order valence-electron chi connectivity index (χ1n) is 8.33. The lowest BCUT2D eigenvalue weighted by Crippen LogP contribution is -2.43. The van der Waals surface area contributed by atoms with Crippen LogP contribution in [0.4, 0.5) is 0 Å². The van der Waals surface area contributed by atoms with Gasteiger partial charge in [0.1, 0.15) is 0 Å². The standard InChI is InChI=1S/C16H23N5O4S/c1-10-13(11(2)20(5)17-10)8-21(12-6-7-12)26(24,25)14-9-18(3)16(23)19(4)15(14)22/h9,12H,6-8H2,1-5H3. The maximum Gasteiger partial charge on any atom is 0.330 e. The average molecular weight is 381 g/mol. The number of nitrogens with zero attached hydrogens (tertiary/aromatic N) is 5. The summed E-state index contributed by atoms with van der Waals surface area (Å²) in [6, 6.07) is -0.138. The quantitative estimate of drug-likeness (QED) is 0.713. The first-order chi connectivity index (χ1) is 12.1. The van der Waals surface area contributed by atoms with Gasteiger partial charge in [-0.25, -0.2) is 13.2 Å². The number of hydrogen-bond acceptors (Lipinski definition) is 5. The fourth-order valence-electron chi connectivity index (χ4n) is 3.05. The van der Waals surface area contributed by atoms with Crippen molar-refractivity contribution in [3.05, 3.63) is 44.0 Å². The van der Waals surface area contributed by atoms with Crippen LogP contribution in [0.25, 0.3) is 0 Å². The first kappa shape index (κ1) is 18.6. The molecule has 26 heavy (non-hydrogen) atoms. The van der Waals surface area contributed by atoms with E-state index in [2.05, 4.69) is 5.10 Å². The maximum atomic E-state index is 13.3. The van der Waals surface area contributed by atoms with Crippen molar-refractivity contribution in [2.45, 2.75) is 44.2 Å². The summed E-state index contributed by atoms with van der Waals surface area (Å²) in [6.45, 7) is 3.88. The van der Waals surface area contributed by atoms with Gasteiger partial charge in [-0.1, -0.05) is 0 Å². The zero-order chi connectivity index (χ0) is 19.4. The third kappa shape index (κ3) is 2.92. The fraction of sp³-hybridized carbons (Fsp3) is 0.562. The topological polar surface area (TPSA) is 99.2 Å². The minimum atomic E-state index is -4.05. The molecule has 0 bridgehead atoms. The largest absolute Gasteiger partial charge is 0.330 e. The third-order valence-electron chi connectivity index (χ3n) is 4.93. The highest BCUT2D eigenvalue weighted by Gasteiger charge is 2.40. The summed E-state index contributed by atoms with van der Waals surface area (Å²) in [6.07, 6.45) is 2.62. The van der Waals surface area contributed by atoms with Crippen LogP contribution in [0.1, 0.15) is 29.8 Å². The number of aromatic nitrogens is 4. The van der Waals surface area contributed by atoms with Crippen LogP contribution < -0.4 is 11.2 Å². The Morgan fingerprint density at radius 2 is 1.81 bits per heavy atom. The van der Waals surface area contributed by atoms with E-state index < -0.39 is 21.3 Å². The van der Waals surface area contributed by atoms with E-state index in [1.807, 2.05) is 20.9 Å². The summed E-state index contributed by atoms with van der Waals surface area (Å²) < 4.78 is 31.5. The van der Waals surface area contributed by atoms with Gasteiger partial charge >= 0.3 is 5.69 Å². The molecule has 9 nitrogen and oxygen atoms in total. The van der Waals surface area contributed by atoms with Crippen LogP contribution in [-0.2, 0) is 37.7 Å². The molecule has 2 aromatic rings.